The number of benzene rings is 1. The zero-order valence-electron chi connectivity index (χ0n) is 11.1. The molecule has 0 aliphatic carbocycles. The van der Waals surface area contributed by atoms with Gasteiger partial charge in [-0.3, -0.25) is 0 Å². The summed E-state index contributed by atoms with van der Waals surface area (Å²) in [5.41, 5.74) is 2.91. The van der Waals surface area contributed by atoms with Crippen molar-refractivity contribution < 1.29 is 9.90 Å². The Balaban J connectivity index is 2.40. The topological polar surface area (TPSA) is 50.2 Å². The van der Waals surface area contributed by atoms with Gasteiger partial charge in [0, 0.05) is 11.8 Å². The van der Waals surface area contributed by atoms with Crippen LogP contribution in [0.15, 0.2) is 42.6 Å². The minimum atomic E-state index is -0.999. The Labute approximate surface area is 112 Å². The maximum absolute atomic E-state index is 11.2. The SMILES string of the molecule is CCC(C)c1ccc(-c2cccnc2C(=O)O)cc1. The Hall–Kier alpha value is -2.16. The fourth-order valence-electron chi connectivity index (χ4n) is 2.04. The van der Waals surface area contributed by atoms with E-state index in [2.05, 4.69) is 31.0 Å². The summed E-state index contributed by atoms with van der Waals surface area (Å²) in [6.07, 6.45) is 2.59. The standard InChI is InChI=1S/C16H17NO2/c1-3-11(2)12-6-8-13(9-7-12)14-5-4-10-17-15(14)16(18)19/h4-11H,3H2,1-2H3,(H,18,19). The van der Waals surface area contributed by atoms with Crippen LogP contribution < -0.4 is 0 Å². The molecule has 0 aliphatic heterocycles. The number of hydrogen-bond acceptors (Lipinski definition) is 2. The largest absolute Gasteiger partial charge is 0.476 e. The normalized spacial score (nSPS) is 12.1. The van der Waals surface area contributed by atoms with Crippen molar-refractivity contribution in [3.05, 3.63) is 53.9 Å². The Morgan fingerprint density at radius 1 is 1.26 bits per heavy atom. The van der Waals surface area contributed by atoms with Crippen LogP contribution in [0.5, 0.6) is 0 Å². The van der Waals surface area contributed by atoms with Gasteiger partial charge in [-0.1, -0.05) is 44.2 Å². The van der Waals surface area contributed by atoms with Crippen LogP contribution in [-0.4, -0.2) is 16.1 Å². The van der Waals surface area contributed by atoms with Gasteiger partial charge in [0.15, 0.2) is 5.69 Å². The number of pyridine rings is 1. The van der Waals surface area contributed by atoms with Crippen LogP contribution in [0.1, 0.15) is 42.2 Å². The van der Waals surface area contributed by atoms with Crippen molar-refractivity contribution in [2.24, 2.45) is 0 Å². The molecular weight excluding hydrogens is 238 g/mol. The molecule has 19 heavy (non-hydrogen) atoms. The molecule has 2 aromatic rings. The second-order valence-corrected chi connectivity index (χ2v) is 4.64. The van der Waals surface area contributed by atoms with Gasteiger partial charge in [-0.2, -0.15) is 0 Å². The van der Waals surface area contributed by atoms with E-state index in [9.17, 15) is 4.79 Å². The number of hydrogen-bond donors (Lipinski definition) is 1. The monoisotopic (exact) mass is 255 g/mol. The van der Waals surface area contributed by atoms with Gasteiger partial charge in [-0.15, -0.1) is 0 Å². The maximum atomic E-state index is 11.2. The minimum absolute atomic E-state index is 0.0961. The first-order valence-corrected chi connectivity index (χ1v) is 6.42. The van der Waals surface area contributed by atoms with Crippen LogP contribution in [0, 0.1) is 0 Å². The van der Waals surface area contributed by atoms with E-state index in [0.29, 0.717) is 11.5 Å². The fraction of sp³-hybridized carbons (Fsp3) is 0.250. The second kappa shape index (κ2) is 5.65. The third-order valence-electron chi connectivity index (χ3n) is 3.41. The van der Waals surface area contributed by atoms with Crippen molar-refractivity contribution in [3.63, 3.8) is 0 Å². The highest BCUT2D eigenvalue weighted by atomic mass is 16.4. The van der Waals surface area contributed by atoms with Gasteiger partial charge in [0.05, 0.1) is 0 Å². The lowest BCUT2D eigenvalue weighted by Crippen LogP contribution is -2.02. The van der Waals surface area contributed by atoms with Gasteiger partial charge in [-0.05, 0) is 29.5 Å². The molecule has 1 N–H and O–H groups in total. The number of aromatic nitrogens is 1. The molecule has 0 radical (unpaired) electrons. The van der Waals surface area contributed by atoms with Gasteiger partial charge < -0.3 is 5.11 Å². The highest BCUT2D eigenvalue weighted by molar-refractivity contribution is 5.93. The summed E-state index contributed by atoms with van der Waals surface area (Å²) in [7, 11) is 0. The summed E-state index contributed by atoms with van der Waals surface area (Å²) in [5.74, 6) is -0.483. The molecule has 1 atom stereocenters. The number of carboxylic acids is 1. The molecule has 0 bridgehead atoms. The molecule has 1 aromatic heterocycles. The first-order valence-electron chi connectivity index (χ1n) is 6.42. The number of nitrogens with zero attached hydrogens (tertiary/aromatic N) is 1. The van der Waals surface area contributed by atoms with E-state index in [1.165, 1.54) is 11.8 Å². The summed E-state index contributed by atoms with van der Waals surface area (Å²) in [5, 5.41) is 9.15. The highest BCUT2D eigenvalue weighted by Crippen LogP contribution is 2.25. The molecule has 0 saturated heterocycles. The number of carboxylic acid groups (broad SMARTS) is 1. The predicted molar refractivity (Wildman–Crippen MR) is 75.3 cm³/mol. The average molecular weight is 255 g/mol. The first kappa shape index (κ1) is 13.3. The zero-order valence-corrected chi connectivity index (χ0v) is 11.1. The lowest BCUT2D eigenvalue weighted by molar-refractivity contribution is 0.0691. The predicted octanol–water partition coefficient (Wildman–Crippen LogP) is 3.96. The average Bonchev–Trinajstić information content (AvgIpc) is 2.46. The molecule has 3 heteroatoms. The fourth-order valence-corrected chi connectivity index (χ4v) is 2.04. The third kappa shape index (κ3) is 2.81. The molecule has 98 valence electrons. The van der Waals surface area contributed by atoms with Crippen molar-refractivity contribution >= 4 is 5.97 Å². The Morgan fingerprint density at radius 2 is 1.95 bits per heavy atom. The molecule has 1 unspecified atom stereocenters. The summed E-state index contributed by atoms with van der Waals surface area (Å²) in [6, 6.07) is 11.6. The molecule has 1 aromatic carbocycles. The molecule has 0 fully saturated rings. The van der Waals surface area contributed by atoms with E-state index in [4.69, 9.17) is 5.11 Å². The van der Waals surface area contributed by atoms with Gasteiger partial charge in [0.2, 0.25) is 0 Å². The van der Waals surface area contributed by atoms with E-state index in [1.807, 2.05) is 12.1 Å². The smallest absolute Gasteiger partial charge is 0.355 e. The van der Waals surface area contributed by atoms with E-state index < -0.39 is 5.97 Å². The van der Waals surface area contributed by atoms with Gasteiger partial charge in [-0.25, -0.2) is 9.78 Å². The molecule has 0 aliphatic rings. The van der Waals surface area contributed by atoms with Crippen LogP contribution >= 0.6 is 0 Å². The van der Waals surface area contributed by atoms with E-state index in [0.717, 1.165) is 12.0 Å². The molecule has 0 spiro atoms. The van der Waals surface area contributed by atoms with Crippen molar-refractivity contribution in [3.8, 4) is 11.1 Å². The molecule has 3 nitrogen and oxygen atoms in total. The van der Waals surface area contributed by atoms with Crippen molar-refractivity contribution in [1.82, 2.24) is 4.98 Å². The summed E-state index contributed by atoms with van der Waals surface area (Å²) < 4.78 is 0. The summed E-state index contributed by atoms with van der Waals surface area (Å²) in [4.78, 5) is 15.1. The van der Waals surface area contributed by atoms with Crippen LogP contribution in [-0.2, 0) is 0 Å². The Bertz CT molecular complexity index is 576. The quantitative estimate of drug-likeness (QED) is 0.899. The maximum Gasteiger partial charge on any atom is 0.355 e. The number of aromatic carboxylic acids is 1. The van der Waals surface area contributed by atoms with Crippen molar-refractivity contribution in [1.29, 1.82) is 0 Å². The van der Waals surface area contributed by atoms with Gasteiger partial charge in [0.25, 0.3) is 0 Å². The molecular formula is C16H17NO2. The van der Waals surface area contributed by atoms with Crippen LogP contribution in [0.4, 0.5) is 0 Å². The zero-order chi connectivity index (χ0) is 13.8. The lowest BCUT2D eigenvalue weighted by atomic mass is 9.95. The van der Waals surface area contributed by atoms with E-state index >= 15 is 0 Å². The first-order chi connectivity index (χ1) is 9.13. The molecule has 0 saturated carbocycles. The number of carbonyl (C=O) groups is 1. The van der Waals surface area contributed by atoms with Gasteiger partial charge in [0.1, 0.15) is 0 Å². The number of rotatable bonds is 4. The van der Waals surface area contributed by atoms with E-state index in [-0.39, 0.29) is 5.69 Å². The van der Waals surface area contributed by atoms with Crippen LogP contribution in [0.3, 0.4) is 0 Å². The van der Waals surface area contributed by atoms with Crippen LogP contribution in [0.2, 0.25) is 0 Å². The lowest BCUT2D eigenvalue weighted by Gasteiger charge is -2.10. The molecule has 0 amide bonds. The Kier molecular flexibility index (Phi) is 3.95. The Morgan fingerprint density at radius 3 is 2.53 bits per heavy atom. The second-order valence-electron chi connectivity index (χ2n) is 4.64. The minimum Gasteiger partial charge on any atom is -0.476 e. The van der Waals surface area contributed by atoms with Crippen LogP contribution in [0.25, 0.3) is 11.1 Å². The van der Waals surface area contributed by atoms with Crippen molar-refractivity contribution in [2.45, 2.75) is 26.2 Å². The highest BCUT2D eigenvalue weighted by Gasteiger charge is 2.12. The summed E-state index contributed by atoms with van der Waals surface area (Å²) in [6.45, 7) is 4.34. The third-order valence-corrected chi connectivity index (χ3v) is 3.41. The van der Waals surface area contributed by atoms with Crippen molar-refractivity contribution in [2.75, 3.05) is 0 Å². The van der Waals surface area contributed by atoms with Gasteiger partial charge >= 0.3 is 5.97 Å². The molecule has 2 rings (SSSR count). The summed E-state index contributed by atoms with van der Waals surface area (Å²) >= 11 is 0. The molecule has 1 heterocycles. The van der Waals surface area contributed by atoms with E-state index in [1.54, 1.807) is 12.1 Å².